The number of fused-ring (bicyclic) bond motifs is 1. The van der Waals surface area contributed by atoms with Crippen molar-refractivity contribution < 1.29 is 14.3 Å². The van der Waals surface area contributed by atoms with Crippen LogP contribution in [0.2, 0.25) is 10.0 Å². The van der Waals surface area contributed by atoms with Crippen LogP contribution in [0.15, 0.2) is 48.9 Å². The van der Waals surface area contributed by atoms with Crippen molar-refractivity contribution in [2.75, 3.05) is 39.0 Å². The van der Waals surface area contributed by atoms with E-state index in [1.165, 1.54) is 12.1 Å². The fourth-order valence-electron chi connectivity index (χ4n) is 4.85. The summed E-state index contributed by atoms with van der Waals surface area (Å²) in [7, 11) is 4.14. The Bertz CT molecular complexity index is 1500. The summed E-state index contributed by atoms with van der Waals surface area (Å²) in [5.41, 5.74) is 2.48. The minimum absolute atomic E-state index is 0.0685. The number of hydrogen-bond donors (Lipinski definition) is 2. The van der Waals surface area contributed by atoms with E-state index in [1.54, 1.807) is 41.2 Å². The molecule has 11 heteroatoms. The van der Waals surface area contributed by atoms with Gasteiger partial charge in [0.25, 0.3) is 5.91 Å². The molecule has 198 valence electrons. The smallest absolute Gasteiger partial charge is 0.255 e. The van der Waals surface area contributed by atoms with Crippen LogP contribution in [-0.4, -0.2) is 68.9 Å². The SMILES string of the molecule is CN(C)CC1CCN(C(=O)c2ccc(Nc3nccn4c(-c5ccc(O)c(F)c5Cl)cnc34)cc2Cl)CC1. The summed E-state index contributed by atoms with van der Waals surface area (Å²) >= 11 is 12.7. The van der Waals surface area contributed by atoms with Crippen LogP contribution in [-0.2, 0) is 0 Å². The van der Waals surface area contributed by atoms with Crippen molar-refractivity contribution in [3.05, 3.63) is 70.3 Å². The Morgan fingerprint density at radius 3 is 2.66 bits per heavy atom. The molecule has 0 radical (unpaired) electrons. The summed E-state index contributed by atoms with van der Waals surface area (Å²) in [6, 6.07) is 7.95. The molecule has 1 amide bonds. The van der Waals surface area contributed by atoms with E-state index in [0.717, 1.165) is 32.5 Å². The molecule has 0 saturated carbocycles. The maximum Gasteiger partial charge on any atom is 0.255 e. The van der Waals surface area contributed by atoms with Gasteiger partial charge in [-0.2, -0.15) is 0 Å². The maximum absolute atomic E-state index is 14.2. The molecule has 1 saturated heterocycles. The Hall–Kier alpha value is -3.40. The molecule has 38 heavy (non-hydrogen) atoms. The number of piperidine rings is 1. The van der Waals surface area contributed by atoms with Crippen LogP contribution in [0.1, 0.15) is 23.2 Å². The Kier molecular flexibility index (Phi) is 7.43. The normalized spacial score (nSPS) is 14.4. The fraction of sp³-hybridized carbons (Fsp3) is 0.296. The molecule has 2 aromatic heterocycles. The molecular weight excluding hydrogens is 530 g/mol. The molecule has 1 fully saturated rings. The summed E-state index contributed by atoms with van der Waals surface area (Å²) < 4.78 is 15.9. The molecule has 0 bridgehead atoms. The number of rotatable bonds is 6. The first-order chi connectivity index (χ1) is 18.2. The van der Waals surface area contributed by atoms with E-state index in [9.17, 15) is 14.3 Å². The number of carbonyl (C=O) groups excluding carboxylic acids is 1. The second kappa shape index (κ2) is 10.8. The number of amides is 1. The predicted molar refractivity (Wildman–Crippen MR) is 147 cm³/mol. The van der Waals surface area contributed by atoms with Gasteiger partial charge in [-0.15, -0.1) is 0 Å². The van der Waals surface area contributed by atoms with Gasteiger partial charge in [-0.25, -0.2) is 14.4 Å². The van der Waals surface area contributed by atoms with Crippen molar-refractivity contribution in [2.45, 2.75) is 12.8 Å². The maximum atomic E-state index is 14.2. The summed E-state index contributed by atoms with van der Waals surface area (Å²) in [6.07, 6.45) is 6.76. The minimum Gasteiger partial charge on any atom is -0.505 e. The molecule has 0 unspecified atom stereocenters. The highest BCUT2D eigenvalue weighted by molar-refractivity contribution is 6.34. The number of hydrogen-bond acceptors (Lipinski definition) is 6. The number of phenolic OH excluding ortho intramolecular Hbond substituents is 1. The summed E-state index contributed by atoms with van der Waals surface area (Å²) in [4.78, 5) is 26.0. The van der Waals surface area contributed by atoms with Crippen LogP contribution in [0.3, 0.4) is 0 Å². The Labute approximate surface area is 229 Å². The quantitative estimate of drug-likeness (QED) is 0.316. The number of halogens is 3. The van der Waals surface area contributed by atoms with Gasteiger partial charge in [-0.3, -0.25) is 9.20 Å². The highest BCUT2D eigenvalue weighted by Gasteiger charge is 2.25. The van der Waals surface area contributed by atoms with Gasteiger partial charge in [0.05, 0.1) is 27.5 Å². The molecule has 5 rings (SSSR count). The van der Waals surface area contributed by atoms with E-state index in [0.29, 0.717) is 44.9 Å². The Morgan fingerprint density at radius 1 is 1.18 bits per heavy atom. The zero-order valence-electron chi connectivity index (χ0n) is 21.0. The minimum atomic E-state index is -0.895. The van der Waals surface area contributed by atoms with Gasteiger partial charge < -0.3 is 20.2 Å². The van der Waals surface area contributed by atoms with Crippen LogP contribution in [0, 0.1) is 11.7 Å². The Balaban J connectivity index is 1.35. The van der Waals surface area contributed by atoms with Crippen molar-refractivity contribution in [3.63, 3.8) is 0 Å². The average Bonchev–Trinajstić information content (AvgIpc) is 3.32. The van der Waals surface area contributed by atoms with Crippen LogP contribution < -0.4 is 5.32 Å². The molecule has 2 N–H and O–H groups in total. The number of imidazole rings is 1. The zero-order valence-corrected chi connectivity index (χ0v) is 22.5. The van der Waals surface area contributed by atoms with Crippen LogP contribution in [0.5, 0.6) is 5.75 Å². The zero-order chi connectivity index (χ0) is 27.0. The monoisotopic (exact) mass is 556 g/mol. The third-order valence-electron chi connectivity index (χ3n) is 6.75. The number of anilines is 2. The van der Waals surface area contributed by atoms with Crippen LogP contribution in [0.25, 0.3) is 16.9 Å². The van der Waals surface area contributed by atoms with E-state index in [2.05, 4.69) is 34.3 Å². The topological polar surface area (TPSA) is 86.0 Å². The molecule has 2 aromatic carbocycles. The lowest BCUT2D eigenvalue weighted by Crippen LogP contribution is -2.40. The van der Waals surface area contributed by atoms with Gasteiger partial charge >= 0.3 is 0 Å². The van der Waals surface area contributed by atoms with E-state index in [4.69, 9.17) is 23.2 Å². The number of nitrogens with zero attached hydrogens (tertiary/aromatic N) is 5. The molecule has 4 aromatic rings. The lowest BCUT2D eigenvalue weighted by molar-refractivity contribution is 0.0678. The molecule has 0 spiro atoms. The van der Waals surface area contributed by atoms with Gasteiger partial charge in [0, 0.05) is 43.3 Å². The van der Waals surface area contributed by atoms with E-state index in [1.807, 2.05) is 4.90 Å². The number of nitrogens with one attached hydrogen (secondary N) is 1. The van der Waals surface area contributed by atoms with Crippen LogP contribution >= 0.6 is 23.2 Å². The fourth-order valence-corrected chi connectivity index (χ4v) is 5.37. The van der Waals surface area contributed by atoms with E-state index >= 15 is 0 Å². The highest BCUT2D eigenvalue weighted by Crippen LogP contribution is 2.35. The molecule has 3 heterocycles. The summed E-state index contributed by atoms with van der Waals surface area (Å²) in [6.45, 7) is 2.47. The molecule has 0 atom stereocenters. The average molecular weight is 557 g/mol. The number of phenols is 1. The predicted octanol–water partition coefficient (Wildman–Crippen LogP) is 5.71. The first-order valence-corrected chi connectivity index (χ1v) is 13.0. The van der Waals surface area contributed by atoms with Gasteiger partial charge in [-0.05, 0) is 63.2 Å². The lowest BCUT2D eigenvalue weighted by atomic mass is 9.96. The second-order valence-electron chi connectivity index (χ2n) is 9.69. The molecular formula is C27H27Cl2FN6O2. The first kappa shape index (κ1) is 26.2. The van der Waals surface area contributed by atoms with Crippen LogP contribution in [0.4, 0.5) is 15.9 Å². The van der Waals surface area contributed by atoms with Crippen molar-refractivity contribution in [3.8, 4) is 17.0 Å². The number of benzene rings is 2. The molecule has 1 aliphatic rings. The van der Waals surface area contributed by atoms with Crippen molar-refractivity contribution in [1.29, 1.82) is 0 Å². The molecule has 0 aliphatic carbocycles. The third-order valence-corrected chi connectivity index (χ3v) is 7.44. The van der Waals surface area contributed by atoms with Crippen molar-refractivity contribution in [1.82, 2.24) is 24.2 Å². The molecule has 8 nitrogen and oxygen atoms in total. The van der Waals surface area contributed by atoms with Gasteiger partial charge in [0.2, 0.25) is 0 Å². The largest absolute Gasteiger partial charge is 0.505 e. The van der Waals surface area contributed by atoms with Crippen molar-refractivity contribution >= 4 is 46.3 Å². The summed E-state index contributed by atoms with van der Waals surface area (Å²) in [5.74, 6) is -0.454. The Morgan fingerprint density at radius 2 is 1.95 bits per heavy atom. The number of likely N-dealkylation sites (tertiary alicyclic amines) is 1. The number of carbonyl (C=O) groups is 1. The highest BCUT2D eigenvalue weighted by atomic mass is 35.5. The van der Waals surface area contributed by atoms with Gasteiger partial charge in [0.15, 0.2) is 23.0 Å². The van der Waals surface area contributed by atoms with E-state index < -0.39 is 11.6 Å². The third kappa shape index (κ3) is 5.14. The molecule has 1 aliphatic heterocycles. The van der Waals surface area contributed by atoms with Gasteiger partial charge in [-0.1, -0.05) is 23.2 Å². The lowest BCUT2D eigenvalue weighted by Gasteiger charge is -2.33. The standard InChI is InChI=1S/C27H27Cl2FN6O2/c1-34(2)15-16-7-10-35(11-8-16)27(38)18-4-3-17(13-20(18)28)33-25-26-32-14-21(36(26)12-9-31-25)19-5-6-22(37)24(30)23(19)29/h3-6,9,12-14,16,37H,7-8,10-11,15H2,1-2H3,(H,31,33). The van der Waals surface area contributed by atoms with Gasteiger partial charge in [0.1, 0.15) is 0 Å². The second-order valence-corrected chi connectivity index (χ2v) is 10.5. The van der Waals surface area contributed by atoms with Crippen molar-refractivity contribution in [2.24, 2.45) is 5.92 Å². The number of aromatic nitrogens is 3. The number of aromatic hydroxyl groups is 1. The first-order valence-electron chi connectivity index (χ1n) is 12.2. The van der Waals surface area contributed by atoms with E-state index in [-0.39, 0.29) is 10.9 Å². The summed E-state index contributed by atoms with van der Waals surface area (Å²) in [5, 5.41) is 12.9.